The highest BCUT2D eigenvalue weighted by Crippen LogP contribution is 2.15. The molecule has 0 aliphatic heterocycles. The van der Waals surface area contributed by atoms with Crippen LogP contribution in [0.2, 0.25) is 0 Å². The molecule has 0 spiro atoms. The number of aliphatic carboxylic acids is 1. The molecule has 1 rings (SSSR count). The number of hydrogen-bond acceptors (Lipinski definition) is 5. The Morgan fingerprint density at radius 3 is 2.38 bits per heavy atom. The maximum Gasteiger partial charge on any atom is 0.304 e. The summed E-state index contributed by atoms with van der Waals surface area (Å²) in [6.07, 6.45) is 2.06. The molecule has 0 atom stereocenters. The van der Waals surface area contributed by atoms with Gasteiger partial charge in [0.2, 0.25) is 0 Å². The first-order valence-electron chi connectivity index (χ1n) is 6.62. The highest BCUT2D eigenvalue weighted by molar-refractivity contribution is 7.90. The molecule has 0 fully saturated rings. The average molecular weight is 315 g/mol. The lowest BCUT2D eigenvalue weighted by Crippen LogP contribution is -2.24. The Labute approximate surface area is 125 Å². The minimum atomic E-state index is -3.18. The fourth-order valence-corrected chi connectivity index (χ4v) is 2.34. The molecule has 0 heterocycles. The first-order chi connectivity index (χ1) is 9.79. The predicted molar refractivity (Wildman–Crippen MR) is 79.4 cm³/mol. The normalized spacial score (nSPS) is 11.6. The van der Waals surface area contributed by atoms with Gasteiger partial charge in [-0.15, -0.1) is 0 Å². The van der Waals surface area contributed by atoms with Crippen LogP contribution >= 0.6 is 0 Å². The molecule has 0 saturated heterocycles. The summed E-state index contributed by atoms with van der Waals surface area (Å²) in [6.45, 7) is 1.75. The van der Waals surface area contributed by atoms with Gasteiger partial charge in [-0.1, -0.05) is 0 Å². The van der Waals surface area contributed by atoms with E-state index in [4.69, 9.17) is 9.84 Å². The van der Waals surface area contributed by atoms with Crippen molar-refractivity contribution in [3.8, 4) is 5.75 Å². The number of carboxylic acids is 1. The quantitative estimate of drug-likeness (QED) is 0.691. The average Bonchev–Trinajstić information content (AvgIpc) is 2.41. The summed E-state index contributed by atoms with van der Waals surface area (Å²) in [4.78, 5) is 12.6. The van der Waals surface area contributed by atoms with Crippen molar-refractivity contribution in [1.82, 2.24) is 4.90 Å². The van der Waals surface area contributed by atoms with Crippen LogP contribution in [0.3, 0.4) is 0 Å². The number of carboxylic acid groups (broad SMARTS) is 1. The van der Waals surface area contributed by atoms with Gasteiger partial charge in [0.15, 0.2) is 9.84 Å². The van der Waals surface area contributed by atoms with Crippen molar-refractivity contribution in [1.29, 1.82) is 0 Å². The van der Waals surface area contributed by atoms with Gasteiger partial charge >= 0.3 is 5.97 Å². The Morgan fingerprint density at radius 1 is 1.24 bits per heavy atom. The molecule has 1 aromatic carbocycles. The maximum absolute atomic E-state index is 11.3. The van der Waals surface area contributed by atoms with Gasteiger partial charge < -0.3 is 14.7 Å². The van der Waals surface area contributed by atoms with Gasteiger partial charge in [0.1, 0.15) is 5.75 Å². The summed E-state index contributed by atoms with van der Waals surface area (Å²) in [5, 5.41) is 8.57. The Kier molecular flexibility index (Phi) is 6.64. The zero-order valence-corrected chi connectivity index (χ0v) is 13.1. The van der Waals surface area contributed by atoms with E-state index in [1.807, 2.05) is 11.9 Å². The molecule has 0 aliphatic rings. The maximum atomic E-state index is 11.3. The van der Waals surface area contributed by atoms with Crippen molar-refractivity contribution in [2.75, 3.05) is 33.0 Å². The monoisotopic (exact) mass is 315 g/mol. The molecule has 0 unspecified atom stereocenters. The smallest absolute Gasteiger partial charge is 0.304 e. The fourth-order valence-electron chi connectivity index (χ4n) is 1.71. The van der Waals surface area contributed by atoms with Crippen LogP contribution in [0.5, 0.6) is 5.75 Å². The first kappa shape index (κ1) is 17.5. The Morgan fingerprint density at radius 2 is 1.86 bits per heavy atom. The molecule has 0 aliphatic carbocycles. The number of sulfone groups is 1. The number of benzene rings is 1. The van der Waals surface area contributed by atoms with E-state index < -0.39 is 15.8 Å². The summed E-state index contributed by atoms with van der Waals surface area (Å²) in [7, 11) is -1.31. The van der Waals surface area contributed by atoms with Crippen LogP contribution in [0.4, 0.5) is 0 Å². The van der Waals surface area contributed by atoms with Crippen LogP contribution < -0.4 is 4.74 Å². The third-order valence-corrected chi connectivity index (χ3v) is 4.04. The lowest BCUT2D eigenvalue weighted by atomic mass is 10.3. The number of hydrogen-bond donors (Lipinski definition) is 1. The molecule has 1 N–H and O–H groups in total. The molecular formula is C14H21NO5S. The molecule has 6 nitrogen and oxygen atoms in total. The summed E-state index contributed by atoms with van der Waals surface area (Å²) < 4.78 is 28.1. The second-order valence-electron chi connectivity index (χ2n) is 4.89. The lowest BCUT2D eigenvalue weighted by Gasteiger charge is -2.15. The van der Waals surface area contributed by atoms with Crippen LogP contribution in [-0.4, -0.2) is 57.4 Å². The predicted octanol–water partition coefficient (Wildman–Crippen LogP) is 1.27. The van der Waals surface area contributed by atoms with Gasteiger partial charge in [-0.2, -0.15) is 0 Å². The molecule has 1 aromatic rings. The second kappa shape index (κ2) is 7.99. The zero-order chi connectivity index (χ0) is 15.9. The largest absolute Gasteiger partial charge is 0.494 e. The van der Waals surface area contributed by atoms with Gasteiger partial charge in [-0.05, 0) is 37.7 Å². The van der Waals surface area contributed by atoms with Crippen molar-refractivity contribution in [3.05, 3.63) is 24.3 Å². The number of rotatable bonds is 9. The Bertz CT molecular complexity index is 553. The minimum absolute atomic E-state index is 0.129. The van der Waals surface area contributed by atoms with Crippen LogP contribution in [0.1, 0.15) is 12.8 Å². The molecule has 0 amide bonds. The second-order valence-corrected chi connectivity index (χ2v) is 6.91. The van der Waals surface area contributed by atoms with Crippen molar-refractivity contribution >= 4 is 15.8 Å². The highest BCUT2D eigenvalue weighted by atomic mass is 32.2. The molecule has 0 saturated carbocycles. The van der Waals surface area contributed by atoms with Crippen LogP contribution in [0.25, 0.3) is 0 Å². The SMILES string of the molecule is CN(CCCOc1ccc(S(C)(=O)=O)cc1)CCC(=O)O. The van der Waals surface area contributed by atoms with Crippen molar-refractivity contribution in [2.45, 2.75) is 17.7 Å². The van der Waals surface area contributed by atoms with Gasteiger partial charge in [-0.25, -0.2) is 8.42 Å². The molecule has 0 aromatic heterocycles. The van der Waals surface area contributed by atoms with Crippen LogP contribution in [0.15, 0.2) is 29.2 Å². The van der Waals surface area contributed by atoms with E-state index in [1.165, 1.54) is 12.1 Å². The standard InChI is InChI=1S/C14H21NO5S/c1-15(10-8-14(16)17)9-3-11-20-12-4-6-13(7-5-12)21(2,18)19/h4-7H,3,8-11H2,1-2H3,(H,16,17). The van der Waals surface area contributed by atoms with E-state index in [9.17, 15) is 13.2 Å². The topological polar surface area (TPSA) is 83.9 Å². The van der Waals surface area contributed by atoms with Gasteiger partial charge in [0.05, 0.1) is 17.9 Å². The van der Waals surface area contributed by atoms with Gasteiger partial charge in [-0.3, -0.25) is 4.79 Å². The zero-order valence-electron chi connectivity index (χ0n) is 12.3. The van der Waals surface area contributed by atoms with E-state index in [1.54, 1.807) is 12.1 Å². The summed E-state index contributed by atoms with van der Waals surface area (Å²) in [5.41, 5.74) is 0. The fraction of sp³-hybridized carbons (Fsp3) is 0.500. The summed E-state index contributed by atoms with van der Waals surface area (Å²) in [6, 6.07) is 6.29. The summed E-state index contributed by atoms with van der Waals surface area (Å²) >= 11 is 0. The number of carbonyl (C=O) groups is 1. The van der Waals surface area contributed by atoms with Gasteiger partial charge in [0.25, 0.3) is 0 Å². The third kappa shape index (κ3) is 7.10. The van der Waals surface area contributed by atoms with Crippen molar-refractivity contribution in [3.63, 3.8) is 0 Å². The highest BCUT2D eigenvalue weighted by Gasteiger charge is 2.06. The number of ether oxygens (including phenoxy) is 1. The van der Waals surface area contributed by atoms with Crippen LogP contribution in [-0.2, 0) is 14.6 Å². The van der Waals surface area contributed by atoms with Crippen LogP contribution in [0, 0.1) is 0 Å². The van der Waals surface area contributed by atoms with Crippen molar-refractivity contribution < 1.29 is 23.1 Å². The molecule has 0 radical (unpaired) electrons. The molecule has 7 heteroatoms. The van der Waals surface area contributed by atoms with E-state index in [0.29, 0.717) is 18.9 Å². The van der Waals surface area contributed by atoms with E-state index in [2.05, 4.69) is 0 Å². The van der Waals surface area contributed by atoms with Gasteiger partial charge in [0, 0.05) is 19.3 Å². The Balaban J connectivity index is 2.28. The van der Waals surface area contributed by atoms with E-state index in [0.717, 1.165) is 19.2 Å². The van der Waals surface area contributed by atoms with E-state index in [-0.39, 0.29) is 11.3 Å². The first-order valence-corrected chi connectivity index (χ1v) is 8.51. The molecule has 21 heavy (non-hydrogen) atoms. The molecular weight excluding hydrogens is 294 g/mol. The molecule has 118 valence electrons. The third-order valence-electron chi connectivity index (χ3n) is 2.91. The van der Waals surface area contributed by atoms with Crippen molar-refractivity contribution in [2.24, 2.45) is 0 Å². The molecule has 0 bridgehead atoms. The van der Waals surface area contributed by atoms with E-state index >= 15 is 0 Å². The minimum Gasteiger partial charge on any atom is -0.494 e. The summed E-state index contributed by atoms with van der Waals surface area (Å²) in [5.74, 6) is -0.181. The number of nitrogens with zero attached hydrogens (tertiary/aromatic N) is 1. The lowest BCUT2D eigenvalue weighted by molar-refractivity contribution is -0.137. The Hall–Kier alpha value is -1.60.